The quantitative estimate of drug-likeness (QED) is 0.505. The largest absolute Gasteiger partial charge is 0.345 e. The minimum absolute atomic E-state index is 0.674. The molecule has 132 valence electrons. The molecule has 0 aliphatic carbocycles. The van der Waals surface area contributed by atoms with Crippen LogP contribution in [0.3, 0.4) is 0 Å². The van der Waals surface area contributed by atoms with Crippen molar-refractivity contribution in [2.24, 2.45) is 0 Å². The monoisotopic (exact) mass is 363 g/mol. The van der Waals surface area contributed by atoms with Crippen LogP contribution in [0.15, 0.2) is 73.7 Å². The van der Waals surface area contributed by atoms with Crippen LogP contribution < -0.4 is 0 Å². The number of aromatic nitrogens is 7. The number of pyridine rings is 1. The van der Waals surface area contributed by atoms with Crippen molar-refractivity contribution in [3.8, 4) is 22.5 Å². The number of H-pyrrole nitrogens is 1. The molecule has 0 aliphatic rings. The van der Waals surface area contributed by atoms with E-state index in [2.05, 4.69) is 31.0 Å². The number of nitrogens with zero attached hydrogens (tertiary/aromatic N) is 6. The molecule has 7 nitrogen and oxygen atoms in total. The molecule has 0 atom stereocenters. The maximum absolute atomic E-state index is 4.72. The number of rotatable bonds is 2. The molecule has 0 saturated heterocycles. The number of aromatic amines is 1. The zero-order valence-corrected chi connectivity index (χ0v) is 14.6. The van der Waals surface area contributed by atoms with Crippen molar-refractivity contribution in [3.63, 3.8) is 0 Å². The molecule has 6 aromatic rings. The van der Waals surface area contributed by atoms with Crippen molar-refractivity contribution in [1.29, 1.82) is 0 Å². The molecule has 0 amide bonds. The molecule has 0 spiro atoms. The van der Waals surface area contributed by atoms with E-state index in [1.165, 1.54) is 0 Å². The van der Waals surface area contributed by atoms with E-state index in [0.717, 1.165) is 38.6 Å². The maximum Gasteiger partial charge on any atom is 0.233 e. The molecular weight excluding hydrogens is 350 g/mol. The number of fused-ring (bicyclic) bond motifs is 3. The highest BCUT2D eigenvalue weighted by Gasteiger charge is 2.11. The first-order chi connectivity index (χ1) is 13.8. The van der Waals surface area contributed by atoms with Gasteiger partial charge in [0, 0.05) is 70.8 Å². The highest BCUT2D eigenvalue weighted by molar-refractivity contribution is 5.93. The van der Waals surface area contributed by atoms with Gasteiger partial charge in [-0.25, -0.2) is 19.9 Å². The van der Waals surface area contributed by atoms with Crippen LogP contribution in [0.25, 0.3) is 50.2 Å². The highest BCUT2D eigenvalue weighted by Crippen LogP contribution is 2.29. The Kier molecular flexibility index (Phi) is 3.04. The molecule has 7 heteroatoms. The van der Waals surface area contributed by atoms with Gasteiger partial charge in [0.1, 0.15) is 5.65 Å². The molecule has 0 bridgehead atoms. The summed E-state index contributed by atoms with van der Waals surface area (Å²) in [7, 11) is 0. The Bertz CT molecular complexity index is 1480. The molecular formula is C21H13N7. The van der Waals surface area contributed by atoms with E-state index in [4.69, 9.17) is 4.98 Å². The normalized spacial score (nSPS) is 11.6. The summed E-state index contributed by atoms with van der Waals surface area (Å²) in [6.45, 7) is 0. The van der Waals surface area contributed by atoms with Gasteiger partial charge in [-0.3, -0.25) is 9.38 Å². The summed E-state index contributed by atoms with van der Waals surface area (Å²) in [6.07, 6.45) is 13.0. The van der Waals surface area contributed by atoms with E-state index < -0.39 is 0 Å². The van der Waals surface area contributed by atoms with Gasteiger partial charge in [0.15, 0.2) is 5.82 Å². The Labute approximate surface area is 158 Å². The predicted molar refractivity (Wildman–Crippen MR) is 107 cm³/mol. The Morgan fingerprint density at radius 2 is 1.89 bits per heavy atom. The van der Waals surface area contributed by atoms with Gasteiger partial charge in [-0.05, 0) is 24.3 Å². The molecule has 0 fully saturated rings. The van der Waals surface area contributed by atoms with Gasteiger partial charge >= 0.3 is 0 Å². The third-order valence-corrected chi connectivity index (χ3v) is 4.85. The number of hydrogen-bond donors (Lipinski definition) is 1. The summed E-state index contributed by atoms with van der Waals surface area (Å²) in [5.41, 5.74) is 4.69. The van der Waals surface area contributed by atoms with Crippen molar-refractivity contribution in [3.05, 3.63) is 73.7 Å². The molecule has 0 saturated carbocycles. The number of nitrogens with one attached hydrogen (secondary N) is 1. The highest BCUT2D eigenvalue weighted by atomic mass is 15.1. The van der Waals surface area contributed by atoms with Crippen LogP contribution in [0.4, 0.5) is 0 Å². The predicted octanol–water partition coefficient (Wildman–Crippen LogP) is 3.88. The Balaban J connectivity index is 1.46. The molecule has 28 heavy (non-hydrogen) atoms. The second-order valence-corrected chi connectivity index (χ2v) is 6.55. The minimum Gasteiger partial charge on any atom is -0.345 e. The van der Waals surface area contributed by atoms with Gasteiger partial charge in [0.2, 0.25) is 5.78 Å². The second-order valence-electron chi connectivity index (χ2n) is 6.55. The lowest BCUT2D eigenvalue weighted by molar-refractivity contribution is 1.11. The summed E-state index contributed by atoms with van der Waals surface area (Å²) in [5.74, 6) is 1.35. The average Bonchev–Trinajstić information content (AvgIpc) is 3.39. The molecule has 0 aliphatic heterocycles. The fourth-order valence-electron chi connectivity index (χ4n) is 3.46. The van der Waals surface area contributed by atoms with Crippen LogP contribution in [-0.4, -0.2) is 34.3 Å². The third-order valence-electron chi connectivity index (χ3n) is 4.85. The average molecular weight is 363 g/mol. The SMILES string of the molecule is c1cnc2ccc(-c3ncc4c(-c5cnc6nccn6c5)c[nH]c4n3)cc2c1. The van der Waals surface area contributed by atoms with Crippen molar-refractivity contribution >= 4 is 27.7 Å². The van der Waals surface area contributed by atoms with Gasteiger partial charge in [0.05, 0.1) is 5.52 Å². The molecule has 5 heterocycles. The lowest BCUT2D eigenvalue weighted by Gasteiger charge is -2.03. The van der Waals surface area contributed by atoms with Crippen molar-refractivity contribution in [2.75, 3.05) is 0 Å². The summed E-state index contributed by atoms with van der Waals surface area (Å²) >= 11 is 0. The summed E-state index contributed by atoms with van der Waals surface area (Å²) < 4.78 is 1.90. The van der Waals surface area contributed by atoms with E-state index in [-0.39, 0.29) is 0 Å². The number of benzene rings is 1. The van der Waals surface area contributed by atoms with Gasteiger partial charge < -0.3 is 4.98 Å². The lowest BCUT2D eigenvalue weighted by atomic mass is 10.1. The van der Waals surface area contributed by atoms with E-state index in [1.54, 1.807) is 12.4 Å². The van der Waals surface area contributed by atoms with Crippen LogP contribution in [-0.2, 0) is 0 Å². The first kappa shape index (κ1) is 15.0. The zero-order chi connectivity index (χ0) is 18.5. The molecule has 5 aromatic heterocycles. The lowest BCUT2D eigenvalue weighted by Crippen LogP contribution is -1.91. The van der Waals surface area contributed by atoms with Crippen LogP contribution in [0.1, 0.15) is 0 Å². The molecule has 1 aromatic carbocycles. The number of hydrogen-bond acceptors (Lipinski definition) is 5. The Morgan fingerprint density at radius 3 is 2.89 bits per heavy atom. The van der Waals surface area contributed by atoms with Crippen LogP contribution in [0.5, 0.6) is 0 Å². The topological polar surface area (TPSA) is 84.6 Å². The second kappa shape index (κ2) is 5.68. The standard InChI is InChI=1S/C21H13N7/c1-2-13-8-14(3-4-18(13)22-5-1)19-24-11-17-16(10-25-20(17)27-19)15-9-26-21-23-6-7-28(21)12-15/h1-12H,(H,24,25,27). The van der Waals surface area contributed by atoms with Crippen LogP contribution in [0, 0.1) is 0 Å². The van der Waals surface area contributed by atoms with Crippen LogP contribution >= 0.6 is 0 Å². The van der Waals surface area contributed by atoms with Crippen molar-refractivity contribution in [2.45, 2.75) is 0 Å². The molecule has 0 unspecified atom stereocenters. The molecule has 0 radical (unpaired) electrons. The molecule has 1 N–H and O–H groups in total. The van der Waals surface area contributed by atoms with Gasteiger partial charge in [-0.15, -0.1) is 0 Å². The smallest absolute Gasteiger partial charge is 0.233 e. The summed E-state index contributed by atoms with van der Waals surface area (Å²) in [4.78, 5) is 25.5. The number of imidazole rings is 1. The van der Waals surface area contributed by atoms with Gasteiger partial charge in [-0.2, -0.15) is 0 Å². The van der Waals surface area contributed by atoms with Crippen LogP contribution in [0.2, 0.25) is 0 Å². The van der Waals surface area contributed by atoms with Gasteiger partial charge in [0.25, 0.3) is 0 Å². The summed E-state index contributed by atoms with van der Waals surface area (Å²) in [6, 6.07) is 10.0. The summed E-state index contributed by atoms with van der Waals surface area (Å²) in [5, 5.41) is 2.02. The Morgan fingerprint density at radius 1 is 0.893 bits per heavy atom. The first-order valence-electron chi connectivity index (χ1n) is 8.83. The fraction of sp³-hybridized carbons (Fsp3) is 0. The van der Waals surface area contributed by atoms with Crippen molar-refractivity contribution in [1.82, 2.24) is 34.3 Å². The maximum atomic E-state index is 4.72. The minimum atomic E-state index is 0.674. The van der Waals surface area contributed by atoms with E-state index in [0.29, 0.717) is 11.6 Å². The first-order valence-corrected chi connectivity index (χ1v) is 8.83. The van der Waals surface area contributed by atoms with Crippen molar-refractivity contribution < 1.29 is 0 Å². The molecule has 6 rings (SSSR count). The van der Waals surface area contributed by atoms with E-state index in [1.807, 2.05) is 59.7 Å². The fourth-order valence-corrected chi connectivity index (χ4v) is 3.46. The van der Waals surface area contributed by atoms with Gasteiger partial charge in [-0.1, -0.05) is 6.07 Å². The van der Waals surface area contributed by atoms with E-state index in [9.17, 15) is 0 Å². The third kappa shape index (κ3) is 2.26. The van der Waals surface area contributed by atoms with E-state index >= 15 is 0 Å². The zero-order valence-electron chi connectivity index (χ0n) is 14.6. The Hall–Kier alpha value is -4.13.